The maximum Gasteiger partial charge on any atom is 0.377 e. The fourth-order valence-electron chi connectivity index (χ4n) is 2.27. The molecule has 0 spiro atoms. The highest BCUT2D eigenvalue weighted by molar-refractivity contribution is 7.92. The highest BCUT2D eigenvalue weighted by Crippen LogP contribution is 2.30. The van der Waals surface area contributed by atoms with Crippen LogP contribution in [0, 0.1) is 5.82 Å². The fraction of sp³-hybridized carbons (Fsp3) is 0.375. The molecule has 1 heterocycles. The number of aromatic nitrogens is 2. The lowest BCUT2D eigenvalue weighted by atomic mass is 10.1. The van der Waals surface area contributed by atoms with Crippen molar-refractivity contribution in [2.24, 2.45) is 0 Å². The summed E-state index contributed by atoms with van der Waals surface area (Å²) in [5.41, 5.74) is 1.42. The zero-order chi connectivity index (χ0) is 18.9. The first-order chi connectivity index (χ1) is 11.5. The molecule has 0 amide bonds. The van der Waals surface area contributed by atoms with Gasteiger partial charge in [-0.2, -0.15) is 0 Å². The summed E-state index contributed by atoms with van der Waals surface area (Å²) in [5.74, 6) is -0.508. The van der Waals surface area contributed by atoms with Crippen LogP contribution in [0.25, 0.3) is 11.3 Å². The molecule has 0 bridgehead atoms. The van der Waals surface area contributed by atoms with E-state index >= 15 is 0 Å². The van der Waals surface area contributed by atoms with Gasteiger partial charge >= 0.3 is 7.80 Å². The molecule has 1 aromatic carbocycles. The van der Waals surface area contributed by atoms with Gasteiger partial charge in [0.25, 0.3) is 0 Å². The maximum atomic E-state index is 13.3. The Kier molecular flexibility index (Phi) is 5.54. The molecule has 0 aliphatic rings. The molecule has 0 saturated carbocycles. The van der Waals surface area contributed by atoms with Crippen molar-refractivity contribution in [3.63, 3.8) is 0 Å². The third-order valence-corrected chi connectivity index (χ3v) is 5.89. The van der Waals surface area contributed by atoms with Crippen LogP contribution in [0.5, 0.6) is 0 Å². The van der Waals surface area contributed by atoms with Crippen LogP contribution < -0.4 is 9.61 Å². The van der Waals surface area contributed by atoms with Crippen molar-refractivity contribution < 1.29 is 17.4 Å². The average molecular weight is 384 g/mol. The van der Waals surface area contributed by atoms with E-state index < -0.39 is 23.6 Å². The quantitative estimate of drug-likeness (QED) is 0.741. The van der Waals surface area contributed by atoms with Crippen LogP contribution in [-0.4, -0.2) is 38.4 Å². The maximum absolute atomic E-state index is 13.3. The van der Waals surface area contributed by atoms with Crippen molar-refractivity contribution in [1.29, 1.82) is 0 Å². The van der Waals surface area contributed by atoms with E-state index in [9.17, 15) is 17.4 Å². The van der Waals surface area contributed by atoms with E-state index in [0.717, 1.165) is 10.6 Å². The summed E-state index contributed by atoms with van der Waals surface area (Å²) in [6, 6.07) is 5.60. The van der Waals surface area contributed by atoms with Crippen molar-refractivity contribution in [2.45, 2.75) is 19.8 Å². The number of anilines is 1. The van der Waals surface area contributed by atoms with Crippen molar-refractivity contribution >= 4 is 29.1 Å². The minimum atomic E-state index is -3.56. The van der Waals surface area contributed by atoms with Gasteiger partial charge in [0.05, 0.1) is 6.26 Å². The van der Waals surface area contributed by atoms with Gasteiger partial charge in [0, 0.05) is 18.5 Å². The topological polar surface area (TPSA) is 80.2 Å². The van der Waals surface area contributed by atoms with Gasteiger partial charge < -0.3 is 0 Å². The summed E-state index contributed by atoms with van der Waals surface area (Å²) in [6.45, 7) is 5.31. The first-order valence-electron chi connectivity index (χ1n) is 7.55. The van der Waals surface area contributed by atoms with Crippen LogP contribution in [-0.2, 0) is 14.6 Å². The standard InChI is InChI=1S/C16H20FN3O3PS/c1-10(2)13-15(24(4)21)14(11-6-8-12(17)9-7-11)19-16(18-13)20(3)25(5,22)23/h6-10H,1-5H3/q+1. The Balaban J connectivity index is 2.84. The molecule has 2 rings (SSSR count). The highest BCUT2D eigenvalue weighted by Gasteiger charge is 2.31. The minimum absolute atomic E-state index is 0.00822. The van der Waals surface area contributed by atoms with E-state index in [1.165, 1.54) is 31.3 Å². The number of hydrogen-bond acceptors (Lipinski definition) is 5. The molecule has 25 heavy (non-hydrogen) atoms. The molecular weight excluding hydrogens is 364 g/mol. The van der Waals surface area contributed by atoms with E-state index in [2.05, 4.69) is 9.97 Å². The molecule has 9 heteroatoms. The van der Waals surface area contributed by atoms with Crippen molar-refractivity contribution in [3.8, 4) is 11.3 Å². The largest absolute Gasteiger partial charge is 0.377 e. The second kappa shape index (κ2) is 7.14. The Morgan fingerprint density at radius 2 is 1.72 bits per heavy atom. The van der Waals surface area contributed by atoms with Gasteiger partial charge in [0.15, 0.2) is 0 Å². The molecule has 1 unspecified atom stereocenters. The number of sulfonamides is 1. The molecule has 1 aromatic heterocycles. The Morgan fingerprint density at radius 3 is 2.16 bits per heavy atom. The number of benzene rings is 1. The number of hydrogen-bond donors (Lipinski definition) is 0. The Morgan fingerprint density at radius 1 is 1.16 bits per heavy atom. The van der Waals surface area contributed by atoms with Gasteiger partial charge in [-0.1, -0.05) is 18.4 Å². The van der Waals surface area contributed by atoms with Crippen LogP contribution in [0.1, 0.15) is 25.5 Å². The van der Waals surface area contributed by atoms with Crippen molar-refractivity contribution in [1.82, 2.24) is 9.97 Å². The van der Waals surface area contributed by atoms with E-state index in [-0.39, 0.29) is 11.9 Å². The third-order valence-electron chi connectivity index (χ3n) is 3.66. The molecule has 0 saturated heterocycles. The molecular formula is C16H20FN3O3PS+. The van der Waals surface area contributed by atoms with Gasteiger partial charge in [-0.15, -0.1) is 0 Å². The predicted octanol–water partition coefficient (Wildman–Crippen LogP) is 2.88. The zero-order valence-corrected chi connectivity index (χ0v) is 16.4. The average Bonchev–Trinajstić information content (AvgIpc) is 2.52. The lowest BCUT2D eigenvalue weighted by Crippen LogP contribution is -2.29. The normalized spacial score (nSPS) is 12.4. The first-order valence-corrected chi connectivity index (χ1v) is 11.1. The minimum Gasteiger partial charge on any atom is -0.241 e. The molecule has 0 fully saturated rings. The smallest absolute Gasteiger partial charge is 0.241 e. The first kappa shape index (κ1) is 19.4. The molecule has 0 radical (unpaired) electrons. The van der Waals surface area contributed by atoms with Crippen LogP contribution in [0.3, 0.4) is 0 Å². The van der Waals surface area contributed by atoms with E-state index in [4.69, 9.17) is 0 Å². The summed E-state index contributed by atoms with van der Waals surface area (Å²) in [6.07, 6.45) is 1.05. The third kappa shape index (κ3) is 4.19. The summed E-state index contributed by atoms with van der Waals surface area (Å²) in [4.78, 5) is 8.67. The molecule has 134 valence electrons. The summed E-state index contributed by atoms with van der Waals surface area (Å²) in [5, 5.41) is 0.460. The van der Waals surface area contributed by atoms with Gasteiger partial charge in [-0.3, -0.25) is 0 Å². The van der Waals surface area contributed by atoms with Gasteiger partial charge in [0.1, 0.15) is 23.9 Å². The number of nitrogens with zero attached hydrogens (tertiary/aromatic N) is 3. The van der Waals surface area contributed by atoms with E-state index in [1.807, 2.05) is 13.8 Å². The van der Waals surface area contributed by atoms with Gasteiger partial charge in [-0.25, -0.2) is 27.1 Å². The molecule has 2 aromatic rings. The van der Waals surface area contributed by atoms with Crippen LogP contribution in [0.2, 0.25) is 0 Å². The lowest BCUT2D eigenvalue weighted by Gasteiger charge is -2.18. The molecule has 0 aliphatic heterocycles. The molecule has 6 nitrogen and oxygen atoms in total. The highest BCUT2D eigenvalue weighted by atomic mass is 32.2. The summed E-state index contributed by atoms with van der Waals surface area (Å²) < 4.78 is 50.3. The predicted molar refractivity (Wildman–Crippen MR) is 97.9 cm³/mol. The second-order valence-corrected chi connectivity index (χ2v) is 9.45. The summed E-state index contributed by atoms with van der Waals surface area (Å²) >= 11 is 0. The Hall–Kier alpha value is -1.92. The molecule has 0 aliphatic carbocycles. The molecule has 0 N–H and O–H groups in total. The van der Waals surface area contributed by atoms with Gasteiger partial charge in [0.2, 0.25) is 21.3 Å². The monoisotopic (exact) mass is 384 g/mol. The zero-order valence-electron chi connectivity index (χ0n) is 14.7. The van der Waals surface area contributed by atoms with Gasteiger partial charge in [-0.05, 0) is 24.3 Å². The van der Waals surface area contributed by atoms with Crippen LogP contribution >= 0.6 is 7.80 Å². The SMILES string of the molecule is CC(C)c1nc(N(C)S(C)(=O)=O)nc(-c2ccc(F)cc2)c1[P+](C)=O. The Labute approximate surface area is 148 Å². The van der Waals surface area contributed by atoms with Crippen LogP contribution in [0.4, 0.5) is 10.3 Å². The Bertz CT molecular complexity index is 915. The van der Waals surface area contributed by atoms with E-state index in [0.29, 0.717) is 22.3 Å². The van der Waals surface area contributed by atoms with Crippen molar-refractivity contribution in [2.75, 3.05) is 24.3 Å². The number of halogens is 1. The number of rotatable bonds is 5. The summed E-state index contributed by atoms with van der Waals surface area (Å²) in [7, 11) is -4.00. The van der Waals surface area contributed by atoms with Crippen molar-refractivity contribution in [3.05, 3.63) is 35.8 Å². The van der Waals surface area contributed by atoms with Crippen LogP contribution in [0.15, 0.2) is 24.3 Å². The van der Waals surface area contributed by atoms with E-state index in [1.54, 1.807) is 6.66 Å². The fourth-order valence-corrected chi connectivity index (χ4v) is 3.76. The lowest BCUT2D eigenvalue weighted by molar-refractivity contribution is 0.595. The second-order valence-electron chi connectivity index (χ2n) is 6.00. The molecule has 1 atom stereocenters.